The summed E-state index contributed by atoms with van der Waals surface area (Å²) in [4.78, 5) is 12.5. The maximum atomic E-state index is 12.5. The van der Waals surface area contributed by atoms with Crippen LogP contribution in [0.2, 0.25) is 5.02 Å². The average Bonchev–Trinajstić information content (AvgIpc) is 2.47. The fourth-order valence-corrected chi connectivity index (χ4v) is 2.60. The van der Waals surface area contributed by atoms with E-state index in [0.717, 1.165) is 16.7 Å². The number of amides is 1. The minimum Gasteiger partial charge on any atom is -0.481 e. The Morgan fingerprint density at radius 3 is 2.39 bits per heavy atom. The van der Waals surface area contributed by atoms with Crippen LogP contribution >= 0.6 is 11.6 Å². The minimum absolute atomic E-state index is 0.169. The molecule has 0 unspecified atom stereocenters. The molecule has 0 aliphatic carbocycles. The molecule has 0 aliphatic heterocycles. The van der Waals surface area contributed by atoms with Gasteiger partial charge in [0.05, 0.1) is 0 Å². The molecule has 0 heterocycles. The number of aryl methyl sites for hydroxylation is 3. The van der Waals surface area contributed by atoms with Crippen molar-refractivity contribution in [2.75, 3.05) is 5.32 Å². The summed E-state index contributed by atoms with van der Waals surface area (Å²) in [5.41, 5.74) is 3.90. The predicted octanol–water partition coefficient (Wildman–Crippen LogP) is 5.06. The number of ether oxygens (including phenoxy) is 1. The summed E-state index contributed by atoms with van der Waals surface area (Å²) in [6, 6.07) is 11.4. The first-order chi connectivity index (χ1) is 10.9. The number of anilines is 1. The third kappa shape index (κ3) is 4.73. The van der Waals surface area contributed by atoms with Crippen molar-refractivity contribution in [2.45, 2.75) is 40.2 Å². The van der Waals surface area contributed by atoms with Gasteiger partial charge in [-0.1, -0.05) is 30.7 Å². The molecule has 0 radical (unpaired) electrons. The monoisotopic (exact) mass is 331 g/mol. The van der Waals surface area contributed by atoms with Crippen LogP contribution in [0.25, 0.3) is 0 Å². The quantitative estimate of drug-likeness (QED) is 0.831. The number of carbonyl (C=O) groups excluding carboxylic acids is 1. The van der Waals surface area contributed by atoms with Gasteiger partial charge in [0.25, 0.3) is 5.91 Å². The van der Waals surface area contributed by atoms with Crippen molar-refractivity contribution in [3.63, 3.8) is 0 Å². The summed E-state index contributed by atoms with van der Waals surface area (Å²) in [6.45, 7) is 7.88. The summed E-state index contributed by atoms with van der Waals surface area (Å²) in [7, 11) is 0. The summed E-state index contributed by atoms with van der Waals surface area (Å²) in [6.07, 6.45) is 0.0351. The third-order valence-corrected chi connectivity index (χ3v) is 3.83. The topological polar surface area (TPSA) is 38.3 Å². The summed E-state index contributed by atoms with van der Waals surface area (Å²) >= 11 is 6.00. The zero-order chi connectivity index (χ0) is 17.0. The van der Waals surface area contributed by atoms with Crippen LogP contribution in [0.4, 0.5) is 5.69 Å². The molecule has 0 spiro atoms. The Kier molecular flexibility index (Phi) is 5.67. The summed E-state index contributed by atoms with van der Waals surface area (Å²) < 4.78 is 5.88. The van der Waals surface area contributed by atoms with E-state index in [1.807, 2.05) is 45.9 Å². The van der Waals surface area contributed by atoms with Crippen molar-refractivity contribution < 1.29 is 9.53 Å². The molecule has 0 bridgehead atoms. The first kappa shape index (κ1) is 17.4. The van der Waals surface area contributed by atoms with Crippen LogP contribution in [0.15, 0.2) is 36.4 Å². The second-order valence-corrected chi connectivity index (χ2v) is 6.22. The van der Waals surface area contributed by atoms with Gasteiger partial charge in [0.1, 0.15) is 5.75 Å². The van der Waals surface area contributed by atoms with Crippen LogP contribution in [0, 0.1) is 20.8 Å². The summed E-state index contributed by atoms with van der Waals surface area (Å²) in [5, 5.41) is 3.49. The Morgan fingerprint density at radius 2 is 1.78 bits per heavy atom. The lowest BCUT2D eigenvalue weighted by atomic mass is 10.1. The molecule has 0 saturated heterocycles. The number of hydrogen-bond donors (Lipinski definition) is 1. The van der Waals surface area contributed by atoms with E-state index in [9.17, 15) is 4.79 Å². The normalized spacial score (nSPS) is 11.9. The van der Waals surface area contributed by atoms with Gasteiger partial charge < -0.3 is 10.1 Å². The van der Waals surface area contributed by atoms with Gasteiger partial charge in [-0.3, -0.25) is 4.79 Å². The first-order valence-electron chi connectivity index (χ1n) is 7.71. The van der Waals surface area contributed by atoms with E-state index in [4.69, 9.17) is 16.3 Å². The highest BCUT2D eigenvalue weighted by Crippen LogP contribution is 2.22. The average molecular weight is 332 g/mol. The minimum atomic E-state index is -0.547. The lowest BCUT2D eigenvalue weighted by molar-refractivity contribution is -0.122. The zero-order valence-corrected chi connectivity index (χ0v) is 14.7. The molecule has 3 nitrogen and oxygen atoms in total. The van der Waals surface area contributed by atoms with E-state index in [0.29, 0.717) is 22.9 Å². The molecule has 2 aromatic rings. The Balaban J connectivity index is 2.13. The number of halogens is 1. The molecule has 122 valence electrons. The summed E-state index contributed by atoms with van der Waals surface area (Å²) in [5.74, 6) is 0.546. The highest BCUT2D eigenvalue weighted by molar-refractivity contribution is 6.31. The maximum absolute atomic E-state index is 12.5. The van der Waals surface area contributed by atoms with Gasteiger partial charge in [0.15, 0.2) is 6.10 Å². The van der Waals surface area contributed by atoms with Crippen LogP contribution in [0.1, 0.15) is 30.0 Å². The van der Waals surface area contributed by atoms with Gasteiger partial charge in [-0.2, -0.15) is 0 Å². The molecule has 0 aliphatic rings. The smallest absolute Gasteiger partial charge is 0.265 e. The maximum Gasteiger partial charge on any atom is 0.265 e. The molecule has 1 amide bonds. The van der Waals surface area contributed by atoms with Crippen molar-refractivity contribution in [3.8, 4) is 5.75 Å². The predicted molar refractivity (Wildman–Crippen MR) is 95.4 cm³/mol. The fraction of sp³-hybridized carbons (Fsp3) is 0.316. The molecule has 4 heteroatoms. The third-order valence-electron chi connectivity index (χ3n) is 3.59. The Morgan fingerprint density at radius 1 is 1.13 bits per heavy atom. The van der Waals surface area contributed by atoms with E-state index in [2.05, 4.69) is 11.4 Å². The first-order valence-corrected chi connectivity index (χ1v) is 8.09. The van der Waals surface area contributed by atoms with E-state index in [1.165, 1.54) is 0 Å². The number of carbonyl (C=O) groups is 1. The molecule has 1 atom stereocenters. The molecule has 0 saturated carbocycles. The molecular weight excluding hydrogens is 310 g/mol. The van der Waals surface area contributed by atoms with Crippen LogP contribution in [0.3, 0.4) is 0 Å². The van der Waals surface area contributed by atoms with Crippen molar-refractivity contribution >= 4 is 23.2 Å². The number of hydrogen-bond acceptors (Lipinski definition) is 2. The highest BCUT2D eigenvalue weighted by atomic mass is 35.5. The number of nitrogens with one attached hydrogen (secondary N) is 1. The van der Waals surface area contributed by atoms with Gasteiger partial charge >= 0.3 is 0 Å². The molecular formula is C19H22ClNO2. The van der Waals surface area contributed by atoms with Crippen molar-refractivity contribution in [1.29, 1.82) is 0 Å². The van der Waals surface area contributed by atoms with Crippen LogP contribution in [0.5, 0.6) is 5.75 Å². The molecule has 2 aromatic carbocycles. The standard InChI is InChI=1S/C19H22ClNO2/c1-5-18(23-16-9-12(2)8-13(3)10-16)19(22)21-17-11-15(20)7-6-14(17)4/h6-11,18H,5H2,1-4H3,(H,21,22)/t18-/m1/s1. The SMILES string of the molecule is CC[C@@H](Oc1cc(C)cc(C)c1)C(=O)Nc1cc(Cl)ccc1C. The Bertz CT molecular complexity index is 692. The lowest BCUT2D eigenvalue weighted by Crippen LogP contribution is -2.32. The van der Waals surface area contributed by atoms with Gasteiger partial charge in [-0.25, -0.2) is 0 Å². The van der Waals surface area contributed by atoms with Crippen LogP contribution in [-0.4, -0.2) is 12.0 Å². The van der Waals surface area contributed by atoms with E-state index < -0.39 is 6.10 Å². The Hall–Kier alpha value is -2.00. The zero-order valence-electron chi connectivity index (χ0n) is 13.9. The molecule has 0 aromatic heterocycles. The van der Waals surface area contributed by atoms with Crippen molar-refractivity contribution in [2.24, 2.45) is 0 Å². The van der Waals surface area contributed by atoms with E-state index in [1.54, 1.807) is 12.1 Å². The Labute approximate surface area is 142 Å². The molecule has 23 heavy (non-hydrogen) atoms. The number of benzene rings is 2. The van der Waals surface area contributed by atoms with Crippen molar-refractivity contribution in [1.82, 2.24) is 0 Å². The van der Waals surface area contributed by atoms with Crippen LogP contribution in [-0.2, 0) is 4.79 Å². The van der Waals surface area contributed by atoms with Gasteiger partial charge in [0, 0.05) is 10.7 Å². The van der Waals surface area contributed by atoms with E-state index >= 15 is 0 Å². The van der Waals surface area contributed by atoms with Gasteiger partial charge in [0.2, 0.25) is 0 Å². The van der Waals surface area contributed by atoms with Crippen LogP contribution < -0.4 is 10.1 Å². The van der Waals surface area contributed by atoms with Crippen molar-refractivity contribution in [3.05, 3.63) is 58.1 Å². The molecule has 1 N–H and O–H groups in total. The molecule has 0 fully saturated rings. The second kappa shape index (κ2) is 7.51. The van der Waals surface area contributed by atoms with Gasteiger partial charge in [-0.05, 0) is 68.1 Å². The fourth-order valence-electron chi connectivity index (χ4n) is 2.43. The molecule has 2 rings (SSSR count). The number of rotatable bonds is 5. The highest BCUT2D eigenvalue weighted by Gasteiger charge is 2.19. The van der Waals surface area contributed by atoms with E-state index in [-0.39, 0.29) is 5.91 Å². The lowest BCUT2D eigenvalue weighted by Gasteiger charge is -2.19. The largest absolute Gasteiger partial charge is 0.481 e. The second-order valence-electron chi connectivity index (χ2n) is 5.79. The van der Waals surface area contributed by atoms with Gasteiger partial charge in [-0.15, -0.1) is 0 Å².